The van der Waals surface area contributed by atoms with Crippen LogP contribution in [0.5, 0.6) is 0 Å². The van der Waals surface area contributed by atoms with Crippen molar-refractivity contribution < 1.29 is 4.79 Å². The minimum Gasteiger partial charge on any atom is -0.333 e. The summed E-state index contributed by atoms with van der Waals surface area (Å²) in [6, 6.07) is 18.5. The van der Waals surface area contributed by atoms with Gasteiger partial charge < -0.3 is 10.6 Å². The van der Waals surface area contributed by atoms with E-state index in [0.29, 0.717) is 5.56 Å². The molecule has 4 nitrogen and oxygen atoms in total. The van der Waals surface area contributed by atoms with E-state index in [1.165, 1.54) is 10.8 Å². The zero-order chi connectivity index (χ0) is 17.9. The molecule has 0 aliphatic carbocycles. The normalized spacial score (nSPS) is 16.5. The fourth-order valence-electron chi connectivity index (χ4n) is 3.56. The van der Waals surface area contributed by atoms with E-state index in [1.54, 1.807) is 6.08 Å². The van der Waals surface area contributed by atoms with Crippen molar-refractivity contribution in [2.45, 2.75) is 6.17 Å². The van der Waals surface area contributed by atoms with Gasteiger partial charge in [0.15, 0.2) is 0 Å². The zero-order valence-electron chi connectivity index (χ0n) is 14.7. The van der Waals surface area contributed by atoms with Gasteiger partial charge in [-0.3, -0.25) is 9.69 Å². The van der Waals surface area contributed by atoms with Gasteiger partial charge in [0.2, 0.25) is 0 Å². The SMILES string of the molecule is C=CC(NC(=O)c1ccc2cc3ccccc3cc2c1)N1CCNCC1. The predicted octanol–water partition coefficient (Wildman–Crippen LogP) is 3.14. The molecule has 4 rings (SSSR count). The Balaban J connectivity index is 1.59. The summed E-state index contributed by atoms with van der Waals surface area (Å²) in [6.07, 6.45) is 1.66. The van der Waals surface area contributed by atoms with E-state index in [2.05, 4.69) is 46.4 Å². The van der Waals surface area contributed by atoms with Gasteiger partial charge in [-0.25, -0.2) is 0 Å². The second-order valence-electron chi connectivity index (χ2n) is 6.70. The van der Waals surface area contributed by atoms with Gasteiger partial charge in [-0.1, -0.05) is 43.0 Å². The van der Waals surface area contributed by atoms with Crippen LogP contribution >= 0.6 is 0 Å². The van der Waals surface area contributed by atoms with Crippen LogP contribution in [-0.2, 0) is 0 Å². The maximum atomic E-state index is 12.8. The van der Waals surface area contributed by atoms with Gasteiger partial charge in [-0.05, 0) is 45.8 Å². The number of piperazine rings is 1. The molecular weight excluding hydrogens is 322 g/mol. The highest BCUT2D eigenvalue weighted by molar-refractivity contribution is 6.03. The number of carbonyl (C=O) groups excluding carboxylic acids is 1. The van der Waals surface area contributed by atoms with E-state index in [1.807, 2.05) is 30.3 Å². The Morgan fingerprint density at radius 1 is 1.00 bits per heavy atom. The Bertz CT molecular complexity index is 960. The third-order valence-corrected chi connectivity index (χ3v) is 5.01. The topological polar surface area (TPSA) is 44.4 Å². The van der Waals surface area contributed by atoms with Crippen molar-refractivity contribution in [2.24, 2.45) is 0 Å². The van der Waals surface area contributed by atoms with Crippen molar-refractivity contribution in [1.82, 2.24) is 15.5 Å². The van der Waals surface area contributed by atoms with Crippen LogP contribution in [-0.4, -0.2) is 43.2 Å². The zero-order valence-corrected chi connectivity index (χ0v) is 14.7. The lowest BCUT2D eigenvalue weighted by Gasteiger charge is -2.33. The smallest absolute Gasteiger partial charge is 0.252 e. The number of hydrogen-bond donors (Lipinski definition) is 2. The van der Waals surface area contributed by atoms with Crippen molar-refractivity contribution in [1.29, 1.82) is 0 Å². The van der Waals surface area contributed by atoms with Crippen molar-refractivity contribution in [3.8, 4) is 0 Å². The maximum Gasteiger partial charge on any atom is 0.252 e. The molecule has 1 unspecified atom stereocenters. The van der Waals surface area contributed by atoms with Crippen molar-refractivity contribution in [2.75, 3.05) is 26.2 Å². The third kappa shape index (κ3) is 3.34. The van der Waals surface area contributed by atoms with E-state index < -0.39 is 0 Å². The molecule has 26 heavy (non-hydrogen) atoms. The Morgan fingerprint density at radius 3 is 2.35 bits per heavy atom. The van der Waals surface area contributed by atoms with Gasteiger partial charge in [0.1, 0.15) is 6.17 Å². The Labute approximate surface area is 153 Å². The number of amides is 1. The molecule has 3 aromatic carbocycles. The maximum absolute atomic E-state index is 12.8. The lowest BCUT2D eigenvalue weighted by atomic mass is 10.0. The molecular formula is C22H23N3O. The van der Waals surface area contributed by atoms with Gasteiger partial charge in [0, 0.05) is 31.7 Å². The molecule has 0 bridgehead atoms. The molecule has 3 aromatic rings. The van der Waals surface area contributed by atoms with Crippen molar-refractivity contribution in [3.63, 3.8) is 0 Å². The Kier molecular flexibility index (Phi) is 4.69. The number of nitrogens with one attached hydrogen (secondary N) is 2. The fourth-order valence-corrected chi connectivity index (χ4v) is 3.56. The van der Waals surface area contributed by atoms with E-state index in [0.717, 1.165) is 37.0 Å². The summed E-state index contributed by atoms with van der Waals surface area (Å²) in [5, 5.41) is 11.0. The summed E-state index contributed by atoms with van der Waals surface area (Å²) in [7, 11) is 0. The minimum atomic E-state index is -0.142. The van der Waals surface area contributed by atoms with Crippen LogP contribution in [0.1, 0.15) is 10.4 Å². The molecule has 1 heterocycles. The number of fused-ring (bicyclic) bond motifs is 2. The molecule has 0 saturated carbocycles. The summed E-state index contributed by atoms with van der Waals surface area (Å²) in [6.45, 7) is 7.56. The number of benzene rings is 3. The Hall–Kier alpha value is -2.69. The molecule has 1 amide bonds. The summed E-state index contributed by atoms with van der Waals surface area (Å²) in [5.74, 6) is -0.0662. The van der Waals surface area contributed by atoms with Crippen LogP contribution < -0.4 is 10.6 Å². The van der Waals surface area contributed by atoms with Crippen LogP contribution in [0.25, 0.3) is 21.5 Å². The molecule has 1 aliphatic heterocycles. The number of hydrogen-bond acceptors (Lipinski definition) is 3. The molecule has 132 valence electrons. The summed E-state index contributed by atoms with van der Waals surface area (Å²) < 4.78 is 0. The van der Waals surface area contributed by atoms with Gasteiger partial charge in [-0.15, -0.1) is 0 Å². The molecule has 1 atom stereocenters. The highest BCUT2D eigenvalue weighted by atomic mass is 16.1. The van der Waals surface area contributed by atoms with Crippen LogP contribution in [0, 0.1) is 0 Å². The Morgan fingerprint density at radius 2 is 1.65 bits per heavy atom. The third-order valence-electron chi connectivity index (χ3n) is 5.01. The standard InChI is InChI=1S/C22H23N3O/c1-2-21(25-11-9-23-10-12-25)24-22(26)19-8-7-18-13-16-5-3-4-6-17(16)14-20(18)15-19/h2-8,13-15,21,23H,1,9-12H2,(H,24,26). The van der Waals surface area contributed by atoms with E-state index >= 15 is 0 Å². The van der Waals surface area contributed by atoms with Crippen LogP contribution in [0.15, 0.2) is 67.3 Å². The molecule has 0 radical (unpaired) electrons. The summed E-state index contributed by atoms with van der Waals surface area (Å²) in [4.78, 5) is 15.0. The second kappa shape index (κ2) is 7.28. The largest absolute Gasteiger partial charge is 0.333 e. The first-order valence-electron chi connectivity index (χ1n) is 9.05. The monoisotopic (exact) mass is 345 g/mol. The van der Waals surface area contributed by atoms with Gasteiger partial charge >= 0.3 is 0 Å². The number of carbonyl (C=O) groups is 1. The molecule has 1 fully saturated rings. The lowest BCUT2D eigenvalue weighted by Crippen LogP contribution is -2.54. The molecule has 4 heteroatoms. The molecule has 1 saturated heterocycles. The average molecular weight is 345 g/mol. The second-order valence-corrected chi connectivity index (χ2v) is 6.70. The van der Waals surface area contributed by atoms with E-state index in [9.17, 15) is 4.79 Å². The number of nitrogens with zero attached hydrogens (tertiary/aromatic N) is 1. The van der Waals surface area contributed by atoms with Gasteiger partial charge in [0.25, 0.3) is 5.91 Å². The average Bonchev–Trinajstić information content (AvgIpc) is 2.70. The molecule has 0 aromatic heterocycles. The summed E-state index contributed by atoms with van der Waals surface area (Å²) >= 11 is 0. The first kappa shape index (κ1) is 16.8. The predicted molar refractivity (Wildman–Crippen MR) is 107 cm³/mol. The summed E-state index contributed by atoms with van der Waals surface area (Å²) in [5.41, 5.74) is 0.676. The first-order valence-corrected chi connectivity index (χ1v) is 9.05. The highest BCUT2D eigenvalue weighted by Gasteiger charge is 2.20. The number of rotatable bonds is 4. The first-order chi connectivity index (χ1) is 12.7. The van der Waals surface area contributed by atoms with Gasteiger partial charge in [-0.2, -0.15) is 0 Å². The van der Waals surface area contributed by atoms with Gasteiger partial charge in [0.05, 0.1) is 0 Å². The minimum absolute atomic E-state index is 0.0662. The van der Waals surface area contributed by atoms with Crippen LogP contribution in [0.3, 0.4) is 0 Å². The van der Waals surface area contributed by atoms with Crippen molar-refractivity contribution in [3.05, 3.63) is 72.8 Å². The molecule has 2 N–H and O–H groups in total. The molecule has 1 aliphatic rings. The highest BCUT2D eigenvalue weighted by Crippen LogP contribution is 2.23. The quantitative estimate of drug-likeness (QED) is 0.564. The van der Waals surface area contributed by atoms with E-state index in [4.69, 9.17) is 0 Å². The van der Waals surface area contributed by atoms with E-state index in [-0.39, 0.29) is 12.1 Å². The van der Waals surface area contributed by atoms with Crippen LogP contribution in [0.4, 0.5) is 0 Å². The van der Waals surface area contributed by atoms with Crippen LogP contribution in [0.2, 0.25) is 0 Å². The van der Waals surface area contributed by atoms with Crippen molar-refractivity contribution >= 4 is 27.5 Å². The molecule has 0 spiro atoms. The lowest BCUT2D eigenvalue weighted by molar-refractivity contribution is 0.0875. The fraction of sp³-hybridized carbons (Fsp3) is 0.227.